The van der Waals surface area contributed by atoms with E-state index in [0.717, 1.165) is 23.1 Å². The van der Waals surface area contributed by atoms with Crippen LogP contribution in [-0.2, 0) is 0 Å². The summed E-state index contributed by atoms with van der Waals surface area (Å²) >= 11 is 0. The highest BCUT2D eigenvalue weighted by Gasteiger charge is 2.22. The molecule has 0 atom stereocenters. The van der Waals surface area contributed by atoms with Crippen LogP contribution >= 0.6 is 0 Å². The summed E-state index contributed by atoms with van der Waals surface area (Å²) in [4.78, 5) is 14.4. The number of rotatable bonds is 5. The number of nitrogens with zero attached hydrogens (tertiary/aromatic N) is 1. The first kappa shape index (κ1) is 20.8. The standard InChI is InChI=1S/C17H21NO2.C5H10/c1-5-13-6-7-18(10-13)17(20)15-9-14(11(2)3)16(19)8-12(15)4;1-3-5-4-2/h5-6,8-9,11,19H,1,7,10H2,2-4H3;3H,1,4-5H2,2H3. The van der Waals surface area contributed by atoms with Gasteiger partial charge < -0.3 is 10.0 Å². The van der Waals surface area contributed by atoms with Crippen molar-refractivity contribution >= 4 is 5.91 Å². The zero-order chi connectivity index (χ0) is 19.0. The minimum atomic E-state index is 0.0116. The van der Waals surface area contributed by atoms with Gasteiger partial charge in [-0.1, -0.05) is 52.0 Å². The Labute approximate surface area is 152 Å². The predicted octanol–water partition coefficient (Wildman–Crippen LogP) is 5.36. The lowest BCUT2D eigenvalue weighted by atomic mass is 9.96. The molecule has 3 nitrogen and oxygen atoms in total. The third-order valence-electron chi connectivity index (χ3n) is 4.22. The molecule has 1 aliphatic heterocycles. The molecule has 1 aromatic carbocycles. The lowest BCUT2D eigenvalue weighted by Gasteiger charge is -2.19. The zero-order valence-electron chi connectivity index (χ0n) is 16.0. The summed E-state index contributed by atoms with van der Waals surface area (Å²) in [6.07, 6.45) is 8.12. The van der Waals surface area contributed by atoms with Gasteiger partial charge in [-0.2, -0.15) is 0 Å². The molecule has 0 spiro atoms. The Morgan fingerprint density at radius 3 is 2.48 bits per heavy atom. The number of aromatic hydroxyl groups is 1. The molecule has 0 radical (unpaired) electrons. The van der Waals surface area contributed by atoms with E-state index < -0.39 is 0 Å². The quantitative estimate of drug-likeness (QED) is 0.732. The van der Waals surface area contributed by atoms with Gasteiger partial charge in [-0.3, -0.25) is 4.79 Å². The van der Waals surface area contributed by atoms with Crippen LogP contribution in [0, 0.1) is 6.92 Å². The Balaban J connectivity index is 0.000000550. The van der Waals surface area contributed by atoms with Crippen molar-refractivity contribution in [1.82, 2.24) is 4.90 Å². The molecule has 1 N–H and O–H groups in total. The van der Waals surface area contributed by atoms with Crippen LogP contribution in [0.3, 0.4) is 0 Å². The first-order chi connectivity index (χ1) is 11.8. The number of phenolic OH excluding ortho intramolecular Hbond substituents is 1. The SMILES string of the molecule is C=CC1=CCN(C(=O)c2cc(C(C)C)c(O)cc2C)C1.C=CCCC. The van der Waals surface area contributed by atoms with Gasteiger partial charge in [0.1, 0.15) is 5.75 Å². The van der Waals surface area contributed by atoms with Crippen molar-refractivity contribution in [2.24, 2.45) is 0 Å². The number of hydrogen-bond acceptors (Lipinski definition) is 2. The van der Waals surface area contributed by atoms with Gasteiger partial charge in [-0.25, -0.2) is 0 Å². The molecule has 25 heavy (non-hydrogen) atoms. The van der Waals surface area contributed by atoms with Crippen LogP contribution in [-0.4, -0.2) is 29.0 Å². The largest absolute Gasteiger partial charge is 0.508 e. The maximum atomic E-state index is 12.6. The normalized spacial score (nSPS) is 13.2. The molecule has 1 aromatic rings. The number of allylic oxidation sites excluding steroid dienone is 1. The summed E-state index contributed by atoms with van der Waals surface area (Å²) in [5.41, 5.74) is 3.38. The zero-order valence-corrected chi connectivity index (χ0v) is 16.0. The molecule has 0 fully saturated rings. The van der Waals surface area contributed by atoms with Crippen LogP contribution in [0.15, 0.2) is 49.1 Å². The van der Waals surface area contributed by atoms with Crippen LogP contribution in [0.2, 0.25) is 0 Å². The second-order valence-corrected chi connectivity index (χ2v) is 6.63. The van der Waals surface area contributed by atoms with Gasteiger partial charge in [0.05, 0.1) is 0 Å². The summed E-state index contributed by atoms with van der Waals surface area (Å²) < 4.78 is 0. The van der Waals surface area contributed by atoms with Gasteiger partial charge >= 0.3 is 0 Å². The number of aryl methyl sites for hydroxylation is 1. The third-order valence-corrected chi connectivity index (χ3v) is 4.22. The molecular formula is C22H31NO2. The maximum absolute atomic E-state index is 12.6. The Morgan fingerprint density at radius 1 is 1.36 bits per heavy atom. The van der Waals surface area contributed by atoms with E-state index in [9.17, 15) is 9.90 Å². The summed E-state index contributed by atoms with van der Waals surface area (Å²) in [5, 5.41) is 9.96. The smallest absolute Gasteiger partial charge is 0.254 e. The van der Waals surface area contributed by atoms with Crippen LogP contribution in [0.25, 0.3) is 0 Å². The minimum Gasteiger partial charge on any atom is -0.508 e. The number of benzene rings is 1. The summed E-state index contributed by atoms with van der Waals surface area (Å²) in [6, 6.07) is 3.50. The Kier molecular flexibility index (Phi) is 8.20. The molecule has 2 rings (SSSR count). The number of carbonyl (C=O) groups is 1. The molecule has 136 valence electrons. The summed E-state index contributed by atoms with van der Waals surface area (Å²) in [6.45, 7) is 16.5. The van der Waals surface area contributed by atoms with Crippen molar-refractivity contribution in [2.45, 2.75) is 46.5 Å². The van der Waals surface area contributed by atoms with E-state index in [-0.39, 0.29) is 17.6 Å². The minimum absolute atomic E-state index is 0.0116. The Hall–Kier alpha value is -2.29. The average molecular weight is 341 g/mol. The van der Waals surface area contributed by atoms with E-state index in [1.807, 2.05) is 39.0 Å². The molecule has 0 aliphatic carbocycles. The van der Waals surface area contributed by atoms with E-state index in [1.165, 1.54) is 6.42 Å². The van der Waals surface area contributed by atoms with Crippen LogP contribution < -0.4 is 0 Å². The van der Waals surface area contributed by atoms with Gasteiger partial charge in [-0.15, -0.1) is 6.58 Å². The fourth-order valence-electron chi connectivity index (χ4n) is 2.66. The van der Waals surface area contributed by atoms with E-state index in [2.05, 4.69) is 20.1 Å². The second-order valence-electron chi connectivity index (χ2n) is 6.63. The maximum Gasteiger partial charge on any atom is 0.254 e. The molecule has 0 saturated carbocycles. The molecular weight excluding hydrogens is 310 g/mol. The number of carbonyl (C=O) groups excluding carboxylic acids is 1. The Bertz CT molecular complexity index is 656. The molecule has 0 saturated heterocycles. The van der Waals surface area contributed by atoms with Crippen molar-refractivity contribution in [2.75, 3.05) is 13.1 Å². The number of phenols is 1. The van der Waals surface area contributed by atoms with Crippen molar-refractivity contribution in [3.63, 3.8) is 0 Å². The molecule has 1 aliphatic rings. The Morgan fingerprint density at radius 2 is 2.04 bits per heavy atom. The van der Waals surface area contributed by atoms with Gasteiger partial charge in [0.2, 0.25) is 0 Å². The number of amides is 1. The van der Waals surface area contributed by atoms with Crippen LogP contribution in [0.4, 0.5) is 0 Å². The highest BCUT2D eigenvalue weighted by molar-refractivity contribution is 5.96. The van der Waals surface area contributed by atoms with Crippen molar-refractivity contribution < 1.29 is 9.90 Å². The first-order valence-electron chi connectivity index (χ1n) is 8.90. The molecule has 3 heteroatoms. The summed E-state index contributed by atoms with van der Waals surface area (Å²) in [7, 11) is 0. The first-order valence-corrected chi connectivity index (χ1v) is 8.90. The molecule has 0 bridgehead atoms. The highest BCUT2D eigenvalue weighted by atomic mass is 16.3. The number of unbranched alkanes of at least 4 members (excludes halogenated alkanes) is 1. The van der Waals surface area contributed by atoms with Gasteiger partial charge in [-0.05, 0) is 48.1 Å². The van der Waals surface area contributed by atoms with E-state index in [1.54, 1.807) is 17.0 Å². The second kappa shape index (κ2) is 9.87. The van der Waals surface area contributed by atoms with Gasteiger partial charge in [0.15, 0.2) is 0 Å². The molecule has 1 amide bonds. The molecule has 0 aromatic heterocycles. The van der Waals surface area contributed by atoms with Crippen molar-refractivity contribution in [3.05, 3.63) is 65.8 Å². The lowest BCUT2D eigenvalue weighted by Crippen LogP contribution is -2.29. The predicted molar refractivity (Wildman–Crippen MR) is 106 cm³/mol. The van der Waals surface area contributed by atoms with Crippen molar-refractivity contribution in [3.8, 4) is 5.75 Å². The summed E-state index contributed by atoms with van der Waals surface area (Å²) in [5.74, 6) is 0.459. The fourth-order valence-corrected chi connectivity index (χ4v) is 2.66. The van der Waals surface area contributed by atoms with Gasteiger partial charge in [0.25, 0.3) is 5.91 Å². The highest BCUT2D eigenvalue weighted by Crippen LogP contribution is 2.29. The van der Waals surface area contributed by atoms with E-state index >= 15 is 0 Å². The third kappa shape index (κ3) is 5.63. The molecule has 1 heterocycles. The van der Waals surface area contributed by atoms with Gasteiger partial charge in [0, 0.05) is 18.7 Å². The number of hydrogen-bond donors (Lipinski definition) is 1. The van der Waals surface area contributed by atoms with Crippen LogP contribution in [0.5, 0.6) is 5.75 Å². The average Bonchev–Trinajstić information content (AvgIpc) is 3.04. The van der Waals surface area contributed by atoms with Crippen molar-refractivity contribution in [1.29, 1.82) is 0 Å². The van der Waals surface area contributed by atoms with E-state index in [0.29, 0.717) is 18.7 Å². The fraction of sp³-hybridized carbons (Fsp3) is 0.409. The van der Waals surface area contributed by atoms with Crippen LogP contribution in [0.1, 0.15) is 61.0 Å². The molecule has 0 unspecified atom stereocenters. The topological polar surface area (TPSA) is 40.5 Å². The monoisotopic (exact) mass is 341 g/mol. The van der Waals surface area contributed by atoms with E-state index in [4.69, 9.17) is 0 Å². The lowest BCUT2D eigenvalue weighted by molar-refractivity contribution is 0.0797.